The predicted octanol–water partition coefficient (Wildman–Crippen LogP) is 5.31. The van der Waals surface area contributed by atoms with E-state index in [0.717, 1.165) is 29.8 Å². The van der Waals surface area contributed by atoms with Crippen molar-refractivity contribution in [3.05, 3.63) is 94.5 Å². The number of hydrogen-bond acceptors (Lipinski definition) is 8. The van der Waals surface area contributed by atoms with Gasteiger partial charge in [-0.25, -0.2) is 9.37 Å². The van der Waals surface area contributed by atoms with Gasteiger partial charge in [0.15, 0.2) is 0 Å². The second kappa shape index (κ2) is 13.3. The summed E-state index contributed by atoms with van der Waals surface area (Å²) in [6, 6.07) is 22.7. The number of methoxy groups -OCH3 is 1. The minimum atomic E-state index is -0.654. The van der Waals surface area contributed by atoms with Gasteiger partial charge in [0, 0.05) is 48.7 Å². The van der Waals surface area contributed by atoms with Crippen molar-refractivity contribution >= 4 is 18.0 Å². The Bertz CT molecular complexity index is 1550. The van der Waals surface area contributed by atoms with Crippen LogP contribution < -0.4 is 20.9 Å². The Kier molecular flexibility index (Phi) is 9.56. The smallest absolute Gasteiger partial charge is 0.263 e. The Hall–Kier alpha value is -4.17. The molecule has 2 heterocycles. The maximum atomic E-state index is 14.5. The Balaban J connectivity index is 0.000000398. The highest BCUT2D eigenvalue weighted by Gasteiger charge is 2.24. The molecule has 0 amide bonds. The molecule has 0 aliphatic carbocycles. The lowest BCUT2D eigenvalue weighted by molar-refractivity contribution is 0.415. The van der Waals surface area contributed by atoms with Gasteiger partial charge < -0.3 is 19.9 Å². The second-order valence-corrected chi connectivity index (χ2v) is 9.92. The van der Waals surface area contributed by atoms with Crippen LogP contribution in [0, 0.1) is 17.1 Å². The lowest BCUT2D eigenvalue weighted by Gasteiger charge is -2.32. The number of benzene rings is 3. The fourth-order valence-corrected chi connectivity index (χ4v) is 4.71. The molecule has 1 saturated heterocycles. The molecule has 8 nitrogen and oxygen atoms in total. The standard InChI is InChI=1S/C24H24FN5O2.C6H6OS/c1-29-23(31)21(15-5-7-19(32-2)8-6-15)22(16-3-4-17(14-26)20(25)13-16)28-24(29)30-11-9-18(27)10-12-30;7-8-6-4-2-1-3-5-6/h3-8,13,18H,9-12,27H2,1-2H3;1-5,7H. The summed E-state index contributed by atoms with van der Waals surface area (Å²) in [5.74, 6) is 0.517. The van der Waals surface area contributed by atoms with Crippen molar-refractivity contribution in [3.8, 4) is 34.2 Å². The summed E-state index contributed by atoms with van der Waals surface area (Å²) in [4.78, 5) is 21.3. The molecule has 0 bridgehead atoms. The number of anilines is 1. The number of aromatic nitrogens is 2. The number of ether oxygens (including phenoxy) is 1. The highest BCUT2D eigenvalue weighted by Crippen LogP contribution is 2.32. The van der Waals surface area contributed by atoms with Gasteiger partial charge in [0.05, 0.1) is 23.9 Å². The number of nitrogens with zero attached hydrogens (tertiary/aromatic N) is 4. The van der Waals surface area contributed by atoms with E-state index < -0.39 is 5.82 Å². The number of halogens is 1. The molecule has 10 heteroatoms. The van der Waals surface area contributed by atoms with Gasteiger partial charge in [-0.3, -0.25) is 9.36 Å². The molecular formula is C30H30FN5O3S. The number of hydrogen-bond donors (Lipinski definition) is 2. The number of nitriles is 1. The number of nitrogens with two attached hydrogens (primary N) is 1. The van der Waals surface area contributed by atoms with E-state index in [9.17, 15) is 9.18 Å². The van der Waals surface area contributed by atoms with E-state index >= 15 is 0 Å². The van der Waals surface area contributed by atoms with E-state index in [-0.39, 0.29) is 17.2 Å². The third kappa shape index (κ3) is 6.51. The van der Waals surface area contributed by atoms with Gasteiger partial charge in [0.1, 0.15) is 17.6 Å². The molecule has 3 N–H and O–H groups in total. The summed E-state index contributed by atoms with van der Waals surface area (Å²) in [5, 5.41) is 9.09. The average Bonchev–Trinajstić information content (AvgIpc) is 2.99. The molecule has 0 spiro atoms. The minimum absolute atomic E-state index is 0.0613. The normalized spacial score (nSPS) is 13.2. The van der Waals surface area contributed by atoms with Crippen LogP contribution in [0.15, 0.2) is 82.5 Å². The lowest BCUT2D eigenvalue weighted by atomic mass is 9.99. The van der Waals surface area contributed by atoms with Gasteiger partial charge in [-0.1, -0.05) is 36.4 Å². The van der Waals surface area contributed by atoms with E-state index in [1.165, 1.54) is 16.7 Å². The molecular weight excluding hydrogens is 529 g/mol. The fourth-order valence-electron chi connectivity index (χ4n) is 4.43. The Morgan fingerprint density at radius 3 is 2.27 bits per heavy atom. The van der Waals surface area contributed by atoms with Crippen LogP contribution in [0.25, 0.3) is 22.4 Å². The molecule has 206 valence electrons. The second-order valence-electron chi connectivity index (χ2n) is 9.26. The first kappa shape index (κ1) is 28.8. The van der Waals surface area contributed by atoms with Gasteiger partial charge in [0.25, 0.3) is 5.56 Å². The van der Waals surface area contributed by atoms with E-state index in [2.05, 4.69) is 0 Å². The van der Waals surface area contributed by atoms with Crippen LogP contribution in [0.4, 0.5) is 10.3 Å². The van der Waals surface area contributed by atoms with Crippen molar-refractivity contribution in [2.24, 2.45) is 12.8 Å². The predicted molar refractivity (Wildman–Crippen MR) is 156 cm³/mol. The summed E-state index contributed by atoms with van der Waals surface area (Å²) >= 11 is 0.769. The molecule has 1 fully saturated rings. The van der Waals surface area contributed by atoms with Gasteiger partial charge in [-0.05, 0) is 54.8 Å². The van der Waals surface area contributed by atoms with Crippen LogP contribution >= 0.6 is 12.0 Å². The fraction of sp³-hybridized carbons (Fsp3) is 0.233. The zero-order valence-corrected chi connectivity index (χ0v) is 23.1. The van der Waals surface area contributed by atoms with Gasteiger partial charge in [-0.2, -0.15) is 5.26 Å². The summed E-state index contributed by atoms with van der Waals surface area (Å²) in [5.41, 5.74) is 7.54. The van der Waals surface area contributed by atoms with Crippen LogP contribution in [-0.4, -0.2) is 40.3 Å². The van der Waals surface area contributed by atoms with E-state index in [1.807, 2.05) is 41.3 Å². The maximum absolute atomic E-state index is 14.5. The van der Waals surface area contributed by atoms with Crippen LogP contribution in [0.3, 0.4) is 0 Å². The third-order valence-corrected chi connectivity index (χ3v) is 7.16. The average molecular weight is 560 g/mol. The zero-order valence-electron chi connectivity index (χ0n) is 22.3. The molecule has 0 radical (unpaired) electrons. The lowest BCUT2D eigenvalue weighted by Crippen LogP contribution is -2.42. The van der Waals surface area contributed by atoms with E-state index in [0.29, 0.717) is 47.2 Å². The monoisotopic (exact) mass is 559 g/mol. The number of piperidine rings is 1. The summed E-state index contributed by atoms with van der Waals surface area (Å²) < 4.78 is 29.7. The number of rotatable bonds is 5. The van der Waals surface area contributed by atoms with Gasteiger partial charge in [-0.15, -0.1) is 0 Å². The summed E-state index contributed by atoms with van der Waals surface area (Å²) in [7, 11) is 3.26. The molecule has 0 unspecified atom stereocenters. The highest BCUT2D eigenvalue weighted by atomic mass is 32.2. The van der Waals surface area contributed by atoms with Crippen LogP contribution in [-0.2, 0) is 7.05 Å². The van der Waals surface area contributed by atoms with Gasteiger partial charge in [0.2, 0.25) is 5.95 Å². The maximum Gasteiger partial charge on any atom is 0.263 e. The highest BCUT2D eigenvalue weighted by molar-refractivity contribution is 7.93. The first-order valence-electron chi connectivity index (χ1n) is 12.7. The van der Waals surface area contributed by atoms with Gasteiger partial charge >= 0.3 is 0 Å². The minimum Gasteiger partial charge on any atom is -0.497 e. The van der Waals surface area contributed by atoms with Crippen LogP contribution in [0.1, 0.15) is 18.4 Å². The molecule has 0 saturated carbocycles. The van der Waals surface area contributed by atoms with Crippen molar-refractivity contribution in [3.63, 3.8) is 0 Å². The molecule has 1 aliphatic heterocycles. The van der Waals surface area contributed by atoms with E-state index in [4.69, 9.17) is 25.3 Å². The third-order valence-electron chi connectivity index (χ3n) is 6.68. The van der Waals surface area contributed by atoms with Crippen molar-refractivity contribution in [1.29, 1.82) is 5.26 Å². The first-order valence-corrected chi connectivity index (χ1v) is 13.5. The topological polar surface area (TPSA) is 117 Å². The van der Waals surface area contributed by atoms with Crippen molar-refractivity contribution in [1.82, 2.24) is 9.55 Å². The van der Waals surface area contributed by atoms with Crippen molar-refractivity contribution in [2.75, 3.05) is 25.1 Å². The molecule has 1 aliphatic rings. The Labute approximate surface area is 236 Å². The van der Waals surface area contributed by atoms with Crippen LogP contribution in [0.2, 0.25) is 0 Å². The van der Waals surface area contributed by atoms with E-state index in [1.54, 1.807) is 44.5 Å². The largest absolute Gasteiger partial charge is 0.497 e. The molecule has 1 aromatic heterocycles. The van der Waals surface area contributed by atoms with Crippen LogP contribution in [0.5, 0.6) is 5.75 Å². The Morgan fingerprint density at radius 1 is 1.07 bits per heavy atom. The quantitative estimate of drug-likeness (QED) is 0.316. The van der Waals surface area contributed by atoms with Crippen molar-refractivity contribution < 1.29 is 13.7 Å². The summed E-state index contributed by atoms with van der Waals surface area (Å²) in [6.45, 7) is 1.37. The Morgan fingerprint density at radius 2 is 1.73 bits per heavy atom. The van der Waals surface area contributed by atoms with Crippen molar-refractivity contribution in [2.45, 2.75) is 23.8 Å². The molecule has 40 heavy (non-hydrogen) atoms. The zero-order chi connectivity index (χ0) is 28.6. The molecule has 4 aromatic rings. The SMILES string of the molecule is COc1ccc(-c2c(-c3ccc(C#N)c(F)c3)nc(N3CCC(N)CC3)n(C)c2=O)cc1.OSc1ccccc1. The first-order chi connectivity index (χ1) is 19.4. The molecule has 3 aromatic carbocycles. The molecule has 5 rings (SSSR count). The molecule has 0 atom stereocenters. The summed E-state index contributed by atoms with van der Waals surface area (Å²) in [6.07, 6.45) is 1.61.